The lowest BCUT2D eigenvalue weighted by molar-refractivity contribution is 0.259. The van der Waals surface area contributed by atoms with E-state index in [0.717, 1.165) is 24.6 Å². The number of hydrogen-bond donors (Lipinski definition) is 1. The van der Waals surface area contributed by atoms with Gasteiger partial charge in [0.15, 0.2) is 0 Å². The van der Waals surface area contributed by atoms with Gasteiger partial charge in [-0.25, -0.2) is 0 Å². The van der Waals surface area contributed by atoms with Gasteiger partial charge in [0.2, 0.25) is 0 Å². The van der Waals surface area contributed by atoms with Gasteiger partial charge in [-0.05, 0) is 49.8 Å². The highest BCUT2D eigenvalue weighted by atomic mass is 16.5. The summed E-state index contributed by atoms with van der Waals surface area (Å²) in [6.45, 7) is 3.39. The standard InChI is InChI=1S/C17H27NO/c1-3-12-18-16-10-6-4-8-14(16)13-15-9-5-7-11-17(15)19-2/h5,7,9,11,14,16,18H,3-4,6,8,10,12-13H2,1-2H3. The second kappa shape index (κ2) is 7.54. The van der Waals surface area contributed by atoms with Crippen LogP contribution in [0.25, 0.3) is 0 Å². The van der Waals surface area contributed by atoms with Crippen LogP contribution in [0.4, 0.5) is 0 Å². The zero-order chi connectivity index (χ0) is 13.5. The molecule has 1 aromatic rings. The lowest BCUT2D eigenvalue weighted by Crippen LogP contribution is -2.39. The van der Waals surface area contributed by atoms with E-state index < -0.39 is 0 Å². The van der Waals surface area contributed by atoms with E-state index >= 15 is 0 Å². The molecule has 0 saturated heterocycles. The number of benzene rings is 1. The first-order valence-corrected chi connectivity index (χ1v) is 7.70. The molecule has 19 heavy (non-hydrogen) atoms. The average Bonchev–Trinajstić information content (AvgIpc) is 2.47. The van der Waals surface area contributed by atoms with E-state index in [1.54, 1.807) is 7.11 Å². The van der Waals surface area contributed by atoms with E-state index in [-0.39, 0.29) is 0 Å². The normalized spacial score (nSPS) is 23.3. The molecule has 0 spiro atoms. The highest BCUT2D eigenvalue weighted by molar-refractivity contribution is 5.33. The van der Waals surface area contributed by atoms with Crippen molar-refractivity contribution >= 4 is 0 Å². The van der Waals surface area contributed by atoms with Crippen LogP contribution in [-0.4, -0.2) is 19.7 Å². The summed E-state index contributed by atoms with van der Waals surface area (Å²) in [5.41, 5.74) is 1.36. The highest BCUT2D eigenvalue weighted by Crippen LogP contribution is 2.30. The quantitative estimate of drug-likeness (QED) is 0.841. The minimum atomic E-state index is 0.693. The first-order valence-electron chi connectivity index (χ1n) is 7.70. The van der Waals surface area contributed by atoms with Crippen LogP contribution in [0, 0.1) is 5.92 Å². The molecular formula is C17H27NO. The van der Waals surface area contributed by atoms with Crippen LogP contribution >= 0.6 is 0 Å². The van der Waals surface area contributed by atoms with Crippen molar-refractivity contribution < 1.29 is 4.74 Å². The molecule has 106 valence electrons. The summed E-state index contributed by atoms with van der Waals surface area (Å²) < 4.78 is 5.48. The molecule has 2 atom stereocenters. The third-order valence-electron chi connectivity index (χ3n) is 4.24. The van der Waals surface area contributed by atoms with E-state index in [1.165, 1.54) is 37.7 Å². The van der Waals surface area contributed by atoms with Crippen molar-refractivity contribution in [1.82, 2.24) is 5.32 Å². The molecule has 0 aromatic heterocycles. The van der Waals surface area contributed by atoms with Gasteiger partial charge in [0.05, 0.1) is 7.11 Å². The SMILES string of the molecule is CCCNC1CCCCC1Cc1ccccc1OC. The molecule has 0 radical (unpaired) electrons. The lowest BCUT2D eigenvalue weighted by atomic mass is 9.80. The van der Waals surface area contributed by atoms with Crippen LogP contribution in [0.1, 0.15) is 44.6 Å². The van der Waals surface area contributed by atoms with E-state index in [0.29, 0.717) is 6.04 Å². The van der Waals surface area contributed by atoms with Gasteiger partial charge in [-0.2, -0.15) is 0 Å². The first kappa shape index (κ1) is 14.4. The van der Waals surface area contributed by atoms with Crippen LogP contribution in [0.5, 0.6) is 5.75 Å². The smallest absolute Gasteiger partial charge is 0.122 e. The minimum Gasteiger partial charge on any atom is -0.496 e. The molecule has 0 amide bonds. The van der Waals surface area contributed by atoms with Crippen LogP contribution in [0.15, 0.2) is 24.3 Å². The molecule has 1 N–H and O–H groups in total. The van der Waals surface area contributed by atoms with Crippen LogP contribution in [0.3, 0.4) is 0 Å². The molecule has 2 nitrogen and oxygen atoms in total. The van der Waals surface area contributed by atoms with Gasteiger partial charge in [0.25, 0.3) is 0 Å². The Morgan fingerprint density at radius 2 is 2.00 bits per heavy atom. The topological polar surface area (TPSA) is 21.3 Å². The molecule has 1 aliphatic rings. The van der Waals surface area contributed by atoms with Crippen molar-refractivity contribution in [2.24, 2.45) is 5.92 Å². The van der Waals surface area contributed by atoms with E-state index in [9.17, 15) is 0 Å². The molecule has 0 aliphatic heterocycles. The summed E-state index contributed by atoms with van der Waals surface area (Å²) in [4.78, 5) is 0. The molecule has 1 aromatic carbocycles. The van der Waals surface area contributed by atoms with Crippen molar-refractivity contribution in [3.8, 4) is 5.75 Å². The number of para-hydroxylation sites is 1. The summed E-state index contributed by atoms with van der Waals surface area (Å²) in [7, 11) is 1.77. The van der Waals surface area contributed by atoms with Crippen molar-refractivity contribution in [3.05, 3.63) is 29.8 Å². The lowest BCUT2D eigenvalue weighted by Gasteiger charge is -2.32. The van der Waals surface area contributed by atoms with Gasteiger partial charge in [-0.1, -0.05) is 38.0 Å². The summed E-state index contributed by atoms with van der Waals surface area (Å²) in [6, 6.07) is 9.15. The molecule has 1 fully saturated rings. The highest BCUT2D eigenvalue weighted by Gasteiger charge is 2.25. The Hall–Kier alpha value is -1.02. The van der Waals surface area contributed by atoms with Gasteiger partial charge in [0.1, 0.15) is 5.75 Å². The van der Waals surface area contributed by atoms with Gasteiger partial charge < -0.3 is 10.1 Å². The van der Waals surface area contributed by atoms with Crippen molar-refractivity contribution in [3.63, 3.8) is 0 Å². The Labute approximate surface area is 117 Å². The number of rotatable bonds is 6. The maximum Gasteiger partial charge on any atom is 0.122 e. The molecule has 2 heteroatoms. The van der Waals surface area contributed by atoms with Gasteiger partial charge >= 0.3 is 0 Å². The molecule has 1 saturated carbocycles. The maximum atomic E-state index is 5.48. The molecule has 1 aliphatic carbocycles. The summed E-state index contributed by atoms with van der Waals surface area (Å²) >= 11 is 0. The first-order chi connectivity index (χ1) is 9.35. The van der Waals surface area contributed by atoms with Crippen molar-refractivity contribution in [2.75, 3.05) is 13.7 Å². The Morgan fingerprint density at radius 1 is 1.21 bits per heavy atom. The Kier molecular flexibility index (Phi) is 5.71. The number of nitrogens with one attached hydrogen (secondary N) is 1. The number of hydrogen-bond acceptors (Lipinski definition) is 2. The maximum absolute atomic E-state index is 5.48. The summed E-state index contributed by atoms with van der Waals surface area (Å²) in [5.74, 6) is 1.80. The second-order valence-corrected chi connectivity index (χ2v) is 5.62. The largest absolute Gasteiger partial charge is 0.496 e. The molecule has 0 bridgehead atoms. The predicted octanol–water partition coefficient (Wildman–Crippen LogP) is 3.80. The minimum absolute atomic E-state index is 0.693. The Balaban J connectivity index is 2.02. The van der Waals surface area contributed by atoms with Gasteiger partial charge in [0, 0.05) is 6.04 Å². The number of methoxy groups -OCH3 is 1. The Morgan fingerprint density at radius 3 is 2.79 bits per heavy atom. The fraction of sp³-hybridized carbons (Fsp3) is 0.647. The van der Waals surface area contributed by atoms with E-state index in [2.05, 4.69) is 36.5 Å². The number of ether oxygens (including phenoxy) is 1. The van der Waals surface area contributed by atoms with Crippen LogP contribution < -0.4 is 10.1 Å². The van der Waals surface area contributed by atoms with E-state index in [4.69, 9.17) is 4.74 Å². The zero-order valence-corrected chi connectivity index (χ0v) is 12.3. The fourth-order valence-corrected chi connectivity index (χ4v) is 3.20. The van der Waals surface area contributed by atoms with Crippen LogP contribution in [-0.2, 0) is 6.42 Å². The summed E-state index contributed by atoms with van der Waals surface area (Å²) in [6.07, 6.45) is 7.80. The predicted molar refractivity (Wildman–Crippen MR) is 80.7 cm³/mol. The third kappa shape index (κ3) is 3.97. The molecule has 2 unspecified atom stereocenters. The monoisotopic (exact) mass is 261 g/mol. The van der Waals surface area contributed by atoms with Gasteiger partial charge in [-0.3, -0.25) is 0 Å². The van der Waals surface area contributed by atoms with Gasteiger partial charge in [-0.15, -0.1) is 0 Å². The average molecular weight is 261 g/mol. The third-order valence-corrected chi connectivity index (χ3v) is 4.24. The van der Waals surface area contributed by atoms with Crippen LogP contribution in [0.2, 0.25) is 0 Å². The zero-order valence-electron chi connectivity index (χ0n) is 12.3. The summed E-state index contributed by atoms with van der Waals surface area (Å²) in [5, 5.41) is 3.74. The second-order valence-electron chi connectivity index (χ2n) is 5.62. The fourth-order valence-electron chi connectivity index (χ4n) is 3.20. The van der Waals surface area contributed by atoms with Crippen molar-refractivity contribution in [2.45, 2.75) is 51.5 Å². The van der Waals surface area contributed by atoms with E-state index in [1.807, 2.05) is 0 Å². The molecular weight excluding hydrogens is 234 g/mol. The Bertz CT molecular complexity index is 377. The van der Waals surface area contributed by atoms with Crippen molar-refractivity contribution in [1.29, 1.82) is 0 Å². The molecule has 0 heterocycles. The molecule has 2 rings (SSSR count).